The van der Waals surface area contributed by atoms with Crippen molar-refractivity contribution in [3.05, 3.63) is 189 Å². The van der Waals surface area contributed by atoms with Gasteiger partial charge in [0.05, 0.1) is 106 Å². The number of aliphatic hydroxyl groups excluding tert-OH is 1. The van der Waals surface area contributed by atoms with Gasteiger partial charge in [0.2, 0.25) is 0 Å². The Labute approximate surface area is 733 Å². The molecule has 0 amide bonds. The van der Waals surface area contributed by atoms with Crippen molar-refractivity contribution in [2.24, 2.45) is 0 Å². The second-order valence-electron chi connectivity index (χ2n) is 38.9. The number of hydrogen-bond acceptors (Lipinski definition) is 26. The summed E-state index contributed by atoms with van der Waals surface area (Å²) >= 11 is 0. The molecule has 0 spiro atoms. The van der Waals surface area contributed by atoms with E-state index in [-0.39, 0.29) is 35.4 Å². The summed E-state index contributed by atoms with van der Waals surface area (Å²) < 4.78 is 7.03. The number of nitrogens with zero attached hydrogens (tertiary/aromatic N) is 24. The van der Waals surface area contributed by atoms with Crippen LogP contribution in [-0.4, -0.2) is 284 Å². The number of fused-ring (bicyclic) bond motifs is 4. The number of aliphatic hydroxyl groups is 1. The fraction of sp³-hybridized carbons (Fsp3) is 0.625. The molecule has 8 aromatic heterocycles. The van der Waals surface area contributed by atoms with Crippen LogP contribution in [0.25, 0.3) is 0 Å². The fourth-order valence-electron chi connectivity index (χ4n) is 21.2. The number of aryl methyl sites for hydroxylation is 8. The predicted molar refractivity (Wildman–Crippen MR) is 490 cm³/mol. The zero-order chi connectivity index (χ0) is 85.2. The Bertz CT molecular complexity index is 4740. The molecule has 10 atom stereocenters. The van der Waals surface area contributed by atoms with E-state index in [4.69, 9.17) is 64.2 Å². The van der Waals surface area contributed by atoms with Crippen LogP contribution in [0.5, 0.6) is 0 Å². The third kappa shape index (κ3) is 19.9. The van der Waals surface area contributed by atoms with E-state index in [9.17, 15) is 5.11 Å². The highest BCUT2D eigenvalue weighted by Crippen LogP contribution is 2.50. The molecule has 20 rings (SSSR count). The molecule has 16 heterocycles. The molecule has 27 heteroatoms. The zero-order valence-corrected chi connectivity index (χ0v) is 77.1. The van der Waals surface area contributed by atoms with Crippen LogP contribution >= 0.6 is 0 Å². The molecule has 8 aliphatic heterocycles. The first-order valence-corrected chi connectivity index (χ1v) is 49.7. The minimum atomic E-state index is -1.89. The highest BCUT2D eigenvalue weighted by Gasteiger charge is 2.48. The van der Waals surface area contributed by atoms with Crippen molar-refractivity contribution in [2.45, 2.75) is 230 Å². The molecule has 0 bridgehead atoms. The van der Waals surface area contributed by atoms with Gasteiger partial charge < -0.3 is 48.7 Å². The monoisotopic (exact) mass is 1690 g/mol. The van der Waals surface area contributed by atoms with Gasteiger partial charge in [0.25, 0.3) is 0 Å². The van der Waals surface area contributed by atoms with Crippen LogP contribution in [0, 0.1) is 27.7 Å². The summed E-state index contributed by atoms with van der Waals surface area (Å²) in [5, 5.41) is 10.8. The lowest BCUT2D eigenvalue weighted by Gasteiger charge is -2.47. The number of β-amino-alcohol motifs (C(OH)–C–C–N with tert-alkyl or cyclic N) is 1. The molecule has 8 fully saturated rings. The molecule has 0 unspecified atom stereocenters. The maximum atomic E-state index is 10.6. The van der Waals surface area contributed by atoms with E-state index in [1.165, 1.54) is 114 Å². The molecule has 8 aromatic rings. The van der Waals surface area contributed by atoms with Gasteiger partial charge in [0.1, 0.15) is 46.6 Å². The molecular formula is C96H138N24O2Si. The Balaban J connectivity index is 0.000000117. The lowest BCUT2D eigenvalue weighted by Crippen LogP contribution is -2.46. The lowest BCUT2D eigenvalue weighted by molar-refractivity contribution is 0.0263. The number of anilines is 4. The number of aromatic nitrogens is 12. The maximum absolute atomic E-state index is 10.6. The molecule has 123 heavy (non-hydrogen) atoms. The van der Waals surface area contributed by atoms with E-state index in [0.29, 0.717) is 36.8 Å². The summed E-state index contributed by atoms with van der Waals surface area (Å²) in [4.78, 5) is 87.4. The zero-order valence-electron chi connectivity index (χ0n) is 76.1. The predicted octanol–water partition coefficient (Wildman–Crippen LogP) is 12.8. The number of likely N-dealkylation sites (tertiary alicyclic amines) is 4. The highest BCUT2D eigenvalue weighted by molar-refractivity contribution is 6.74. The van der Waals surface area contributed by atoms with Crippen molar-refractivity contribution in [1.29, 1.82) is 0 Å². The summed E-state index contributed by atoms with van der Waals surface area (Å²) in [6, 6.07) is 28.7. The largest absolute Gasteiger partial charge is 0.413 e. The highest BCUT2D eigenvalue weighted by atomic mass is 28.4. The van der Waals surface area contributed by atoms with E-state index in [1.807, 2.05) is 58.5 Å². The van der Waals surface area contributed by atoms with Crippen molar-refractivity contribution >= 4 is 31.6 Å². The van der Waals surface area contributed by atoms with E-state index >= 15 is 0 Å². The molecule has 1 N–H and O–H groups in total. The van der Waals surface area contributed by atoms with Crippen molar-refractivity contribution in [3.63, 3.8) is 0 Å². The normalized spacial score (nSPS) is 26.5. The van der Waals surface area contributed by atoms with Crippen LogP contribution in [0.4, 0.5) is 23.3 Å². The van der Waals surface area contributed by atoms with Gasteiger partial charge in [-0.05, 0) is 223 Å². The van der Waals surface area contributed by atoms with Crippen LogP contribution in [0.1, 0.15) is 237 Å². The Morgan fingerprint density at radius 2 is 0.626 bits per heavy atom. The maximum Gasteiger partial charge on any atom is 0.192 e. The van der Waals surface area contributed by atoms with E-state index in [2.05, 4.69) is 188 Å². The second kappa shape index (κ2) is 38.2. The van der Waals surface area contributed by atoms with Gasteiger partial charge in [-0.1, -0.05) is 45.0 Å². The van der Waals surface area contributed by atoms with Crippen molar-refractivity contribution < 1.29 is 9.53 Å². The molecule has 8 saturated heterocycles. The van der Waals surface area contributed by atoms with Gasteiger partial charge in [-0.25, -0.2) is 39.9 Å². The molecule has 26 nitrogen and oxygen atoms in total. The third-order valence-electron chi connectivity index (χ3n) is 29.3. The lowest BCUT2D eigenvalue weighted by atomic mass is 9.86. The Kier molecular flexibility index (Phi) is 27.1. The van der Waals surface area contributed by atoms with Crippen LogP contribution in [-0.2, 0) is 30.1 Å². The standard InChI is InChI=1S/C29H46N6OSi.C23H32N6O.2C22H30N6/c1-21-31-24(19-27(32-21)34-16-14-33(5)15-17-34)26-18-23(36-37(6,7)29(2,3)4)20-35(26)25-12-8-10-22-11-9-13-30-28(22)25;1-16-25-19(14-22(26-16)28-11-9-27(2)10-12-28)21-13-18(30)15-29(21)20-7-3-5-17-6-4-8-24-23(17)20;2*1-16-24-18(15-21(25-16)27-13-11-26(2)12-14-27)19-8-10-28(19)20-7-3-5-17-6-4-9-23-22(17)20/h9,11,13,19,23,25-26H,8,10,12,14-18,20H2,1-7H3;4,6,8,14,18,20-21,30H,3,5,7,9-13,15H2,1-2H3;2*4,6,9,15,19-20H,3,5,7-8,10-14H2,1-2H3/t23-,25+,26-;18-,20+,21-;19-,20+;19-,20-/m1111/s1. The first-order valence-electron chi connectivity index (χ1n) is 46.8. The number of hydrogen-bond donors (Lipinski definition) is 1. The van der Waals surface area contributed by atoms with Crippen LogP contribution in [0.15, 0.2) is 97.6 Å². The van der Waals surface area contributed by atoms with Crippen molar-refractivity contribution in [2.75, 3.05) is 179 Å². The summed E-state index contributed by atoms with van der Waals surface area (Å²) in [5.41, 5.74) is 15.2. The van der Waals surface area contributed by atoms with E-state index in [1.54, 1.807) is 0 Å². The summed E-state index contributed by atoms with van der Waals surface area (Å²) in [6.45, 7) is 40.5. The molecule has 4 aliphatic carbocycles. The topological polar surface area (TPSA) is 223 Å². The summed E-state index contributed by atoms with van der Waals surface area (Å²) in [7, 11) is 6.85. The first kappa shape index (κ1) is 87.0. The summed E-state index contributed by atoms with van der Waals surface area (Å²) in [6.07, 6.45) is 25.8. The number of rotatable bonds is 14. The summed E-state index contributed by atoms with van der Waals surface area (Å²) in [5.74, 6) is 7.75. The molecule has 12 aliphatic rings. The average Bonchev–Trinajstić information content (AvgIpc) is 1.52. The van der Waals surface area contributed by atoms with Gasteiger partial charge in [0, 0.05) is 180 Å². The van der Waals surface area contributed by atoms with E-state index in [0.717, 1.165) is 227 Å². The van der Waals surface area contributed by atoms with Gasteiger partial charge in [0.15, 0.2) is 8.32 Å². The molecule has 0 radical (unpaired) electrons. The average molecular weight is 1690 g/mol. The Hall–Kier alpha value is -8.06. The minimum absolute atomic E-state index is 0.103. The quantitative estimate of drug-likeness (QED) is 0.0999. The molecular weight excluding hydrogens is 1550 g/mol. The second-order valence-corrected chi connectivity index (χ2v) is 43.7. The van der Waals surface area contributed by atoms with Crippen LogP contribution in [0.2, 0.25) is 18.1 Å². The Morgan fingerprint density at radius 1 is 0.341 bits per heavy atom. The van der Waals surface area contributed by atoms with Crippen LogP contribution < -0.4 is 19.6 Å². The number of piperazine rings is 4. The first-order chi connectivity index (χ1) is 59.5. The van der Waals surface area contributed by atoms with Crippen molar-refractivity contribution in [3.8, 4) is 0 Å². The Morgan fingerprint density at radius 3 is 0.919 bits per heavy atom. The van der Waals surface area contributed by atoms with Gasteiger partial charge >= 0.3 is 0 Å². The van der Waals surface area contributed by atoms with E-state index < -0.39 is 8.32 Å². The van der Waals surface area contributed by atoms with Crippen LogP contribution in [0.3, 0.4) is 0 Å². The fourth-order valence-corrected chi connectivity index (χ4v) is 22.6. The number of likely N-dealkylation sites (N-methyl/N-ethyl adjacent to an activating group) is 4. The van der Waals surface area contributed by atoms with Crippen molar-refractivity contribution in [1.82, 2.24) is 99.0 Å². The minimum Gasteiger partial charge on any atom is -0.413 e. The van der Waals surface area contributed by atoms with Gasteiger partial charge in [-0.3, -0.25) is 39.5 Å². The smallest absolute Gasteiger partial charge is 0.192 e. The number of pyridine rings is 4. The molecule has 658 valence electrons. The molecule has 0 aromatic carbocycles. The molecule has 0 saturated carbocycles. The SMILES string of the molecule is Cc1nc([C@H]2CCN2[C@@H]2CCCc3cccnc32)cc(N2CCN(C)CC2)n1.Cc1nc([C@H]2CCN2[C@H]2CCCc3cccnc32)cc(N2CCN(C)CC2)n1.Cc1nc([C@H]2C[C@@H](O)CN2[C@H]2CCCc3cccnc32)cc(N2CCN(C)CC2)n1.Cc1nc([C@H]2C[C@@H](O[Si](C)(C)C(C)(C)C)CN2[C@H]2CCCc3cccnc32)cc(N2CCN(C)CC2)n1. The van der Waals surface area contributed by atoms with Gasteiger partial charge in [-0.2, -0.15) is 0 Å². The third-order valence-corrected chi connectivity index (χ3v) is 33.9. The van der Waals surface area contributed by atoms with Gasteiger partial charge in [-0.15, -0.1) is 0 Å².